The third kappa shape index (κ3) is 4.06. The van der Waals surface area contributed by atoms with Gasteiger partial charge in [0.2, 0.25) is 5.91 Å². The summed E-state index contributed by atoms with van der Waals surface area (Å²) in [7, 11) is 0. The zero-order chi connectivity index (χ0) is 13.7. The Morgan fingerprint density at radius 1 is 1.32 bits per heavy atom. The number of hydrogen-bond donors (Lipinski definition) is 2. The van der Waals surface area contributed by atoms with Crippen molar-refractivity contribution < 1.29 is 14.7 Å². The lowest BCUT2D eigenvalue weighted by atomic mass is 9.86. The Bertz CT molecular complexity index is 449. The van der Waals surface area contributed by atoms with Crippen LogP contribution in [0.5, 0.6) is 0 Å². The molecule has 0 aromatic carbocycles. The van der Waals surface area contributed by atoms with Crippen LogP contribution in [0.4, 0.5) is 5.69 Å². The van der Waals surface area contributed by atoms with E-state index in [9.17, 15) is 9.59 Å². The number of hydrogen-bond acceptors (Lipinski definition) is 3. The normalized spacial score (nSPS) is 16.2. The van der Waals surface area contributed by atoms with Gasteiger partial charge in [-0.1, -0.05) is 32.1 Å². The smallest absolute Gasteiger partial charge is 0.348 e. The van der Waals surface area contributed by atoms with Gasteiger partial charge in [-0.25, -0.2) is 4.79 Å². The Labute approximate surface area is 116 Å². The van der Waals surface area contributed by atoms with Crippen LogP contribution >= 0.6 is 11.3 Å². The minimum atomic E-state index is -0.988. The fourth-order valence-electron chi connectivity index (χ4n) is 2.60. The van der Waals surface area contributed by atoms with Gasteiger partial charge in [-0.15, -0.1) is 11.3 Å². The highest BCUT2D eigenvalue weighted by Crippen LogP contribution is 2.28. The number of aromatic carboxylic acids is 1. The Balaban J connectivity index is 1.80. The molecular formula is C14H19NO3S. The minimum absolute atomic E-state index is 0.0773. The maximum Gasteiger partial charge on any atom is 0.348 e. The maximum atomic E-state index is 11.8. The number of carboxylic acid groups (broad SMARTS) is 1. The van der Waals surface area contributed by atoms with Crippen LogP contribution in [0.15, 0.2) is 11.4 Å². The van der Waals surface area contributed by atoms with E-state index in [0.29, 0.717) is 18.0 Å². The molecule has 0 atom stereocenters. The molecule has 1 saturated carbocycles. The van der Waals surface area contributed by atoms with E-state index < -0.39 is 5.97 Å². The highest BCUT2D eigenvalue weighted by Gasteiger charge is 2.17. The number of thiophene rings is 1. The molecule has 1 fully saturated rings. The number of anilines is 1. The molecule has 19 heavy (non-hydrogen) atoms. The number of carbonyl (C=O) groups is 2. The van der Waals surface area contributed by atoms with Crippen molar-refractivity contribution in [3.8, 4) is 0 Å². The first-order chi connectivity index (χ1) is 9.16. The number of nitrogens with one attached hydrogen (secondary N) is 1. The maximum absolute atomic E-state index is 11.8. The standard InChI is InChI=1S/C14H19NO3S/c16-12(7-6-10-4-2-1-3-5-10)15-11-8-9-19-13(11)14(17)18/h8-10H,1-7H2,(H,15,16)(H,17,18). The molecule has 1 aliphatic rings. The lowest BCUT2D eigenvalue weighted by Crippen LogP contribution is -2.15. The first kappa shape index (κ1) is 14.1. The monoisotopic (exact) mass is 281 g/mol. The van der Waals surface area contributed by atoms with Gasteiger partial charge in [0.15, 0.2) is 0 Å². The SMILES string of the molecule is O=C(CCC1CCCCC1)Nc1ccsc1C(=O)O. The zero-order valence-corrected chi connectivity index (χ0v) is 11.7. The third-order valence-electron chi connectivity index (χ3n) is 3.64. The van der Waals surface area contributed by atoms with E-state index in [1.165, 1.54) is 32.1 Å². The molecule has 104 valence electrons. The molecule has 0 bridgehead atoms. The van der Waals surface area contributed by atoms with Crippen molar-refractivity contribution in [2.45, 2.75) is 44.9 Å². The van der Waals surface area contributed by atoms with Gasteiger partial charge in [0.1, 0.15) is 4.88 Å². The van der Waals surface area contributed by atoms with Crippen LogP contribution in [0.2, 0.25) is 0 Å². The highest BCUT2D eigenvalue weighted by molar-refractivity contribution is 7.12. The predicted molar refractivity (Wildman–Crippen MR) is 75.7 cm³/mol. The number of rotatable bonds is 5. The quantitative estimate of drug-likeness (QED) is 0.864. The second-order valence-electron chi connectivity index (χ2n) is 5.06. The van der Waals surface area contributed by atoms with Gasteiger partial charge in [0.05, 0.1) is 5.69 Å². The Morgan fingerprint density at radius 3 is 2.74 bits per heavy atom. The predicted octanol–water partition coefficient (Wildman–Crippen LogP) is 3.75. The molecule has 2 N–H and O–H groups in total. The van der Waals surface area contributed by atoms with Crippen molar-refractivity contribution in [1.82, 2.24) is 0 Å². The van der Waals surface area contributed by atoms with E-state index in [0.717, 1.165) is 17.8 Å². The molecule has 4 nitrogen and oxygen atoms in total. The van der Waals surface area contributed by atoms with Crippen LogP contribution in [-0.4, -0.2) is 17.0 Å². The van der Waals surface area contributed by atoms with Crippen LogP contribution in [0.3, 0.4) is 0 Å². The fraction of sp³-hybridized carbons (Fsp3) is 0.571. The van der Waals surface area contributed by atoms with Crippen LogP contribution in [-0.2, 0) is 4.79 Å². The van der Waals surface area contributed by atoms with Gasteiger partial charge in [-0.05, 0) is 23.8 Å². The minimum Gasteiger partial charge on any atom is -0.477 e. The molecular weight excluding hydrogens is 262 g/mol. The van der Waals surface area contributed by atoms with Crippen molar-refractivity contribution in [2.75, 3.05) is 5.32 Å². The molecule has 0 spiro atoms. The summed E-state index contributed by atoms with van der Waals surface area (Å²) in [6, 6.07) is 1.65. The van der Waals surface area contributed by atoms with E-state index in [1.807, 2.05) is 0 Å². The average molecular weight is 281 g/mol. The lowest BCUT2D eigenvalue weighted by molar-refractivity contribution is -0.116. The van der Waals surface area contributed by atoms with Gasteiger partial charge in [-0.3, -0.25) is 4.79 Å². The van der Waals surface area contributed by atoms with E-state index in [4.69, 9.17) is 5.11 Å². The van der Waals surface area contributed by atoms with Gasteiger partial charge < -0.3 is 10.4 Å². The summed E-state index contributed by atoms with van der Waals surface area (Å²) in [5.74, 6) is -0.398. The van der Waals surface area contributed by atoms with Crippen LogP contribution in [0.1, 0.15) is 54.6 Å². The Morgan fingerprint density at radius 2 is 2.05 bits per heavy atom. The molecule has 0 radical (unpaired) electrons. The highest BCUT2D eigenvalue weighted by atomic mass is 32.1. The number of carboxylic acids is 1. The van der Waals surface area contributed by atoms with Crippen molar-refractivity contribution >= 4 is 28.9 Å². The molecule has 0 saturated heterocycles. The summed E-state index contributed by atoms with van der Waals surface area (Å²) >= 11 is 1.13. The van der Waals surface area contributed by atoms with E-state index in [1.54, 1.807) is 11.4 Å². The summed E-state index contributed by atoms with van der Waals surface area (Å²) in [6.45, 7) is 0. The van der Waals surface area contributed by atoms with Crippen LogP contribution in [0.25, 0.3) is 0 Å². The summed E-state index contributed by atoms with van der Waals surface area (Å²) < 4.78 is 0. The van der Waals surface area contributed by atoms with Crippen LogP contribution < -0.4 is 5.32 Å². The molecule has 1 aromatic rings. The summed E-state index contributed by atoms with van der Waals surface area (Å²) in [6.07, 6.45) is 7.73. The van der Waals surface area contributed by atoms with Crippen LogP contribution in [0, 0.1) is 5.92 Å². The van der Waals surface area contributed by atoms with Gasteiger partial charge >= 0.3 is 5.97 Å². The first-order valence-electron chi connectivity index (χ1n) is 6.77. The number of amides is 1. The summed E-state index contributed by atoms with van der Waals surface area (Å²) in [4.78, 5) is 23.0. The first-order valence-corrected chi connectivity index (χ1v) is 7.65. The van der Waals surface area contributed by atoms with E-state index >= 15 is 0 Å². The van der Waals surface area contributed by atoms with E-state index in [2.05, 4.69) is 5.32 Å². The average Bonchev–Trinajstić information content (AvgIpc) is 2.86. The second kappa shape index (κ2) is 6.70. The molecule has 0 unspecified atom stereocenters. The van der Waals surface area contributed by atoms with Crippen molar-refractivity contribution in [3.05, 3.63) is 16.3 Å². The molecule has 1 amide bonds. The van der Waals surface area contributed by atoms with Crippen molar-refractivity contribution in [1.29, 1.82) is 0 Å². The molecule has 1 aliphatic carbocycles. The lowest BCUT2D eigenvalue weighted by Gasteiger charge is -2.20. The van der Waals surface area contributed by atoms with E-state index in [-0.39, 0.29) is 10.8 Å². The van der Waals surface area contributed by atoms with Crippen molar-refractivity contribution in [2.24, 2.45) is 5.92 Å². The van der Waals surface area contributed by atoms with Gasteiger partial charge in [0.25, 0.3) is 0 Å². The fourth-order valence-corrected chi connectivity index (χ4v) is 3.28. The summed E-state index contributed by atoms with van der Waals surface area (Å²) in [5.41, 5.74) is 0.422. The summed E-state index contributed by atoms with van der Waals surface area (Å²) in [5, 5.41) is 13.3. The third-order valence-corrected chi connectivity index (χ3v) is 4.54. The Hall–Kier alpha value is -1.36. The Kier molecular flexibility index (Phi) is 4.96. The molecule has 0 aliphatic heterocycles. The van der Waals surface area contributed by atoms with Gasteiger partial charge in [0, 0.05) is 6.42 Å². The topological polar surface area (TPSA) is 66.4 Å². The largest absolute Gasteiger partial charge is 0.477 e. The van der Waals surface area contributed by atoms with Gasteiger partial charge in [-0.2, -0.15) is 0 Å². The second-order valence-corrected chi connectivity index (χ2v) is 5.98. The molecule has 2 rings (SSSR count). The van der Waals surface area contributed by atoms with Crippen molar-refractivity contribution in [3.63, 3.8) is 0 Å². The molecule has 1 heterocycles. The zero-order valence-electron chi connectivity index (χ0n) is 10.9. The molecule has 1 aromatic heterocycles. The number of carbonyl (C=O) groups excluding carboxylic acids is 1. The molecule has 5 heteroatoms.